The van der Waals surface area contributed by atoms with Gasteiger partial charge in [-0.2, -0.15) is 5.10 Å². The second-order valence-corrected chi connectivity index (χ2v) is 4.82. The van der Waals surface area contributed by atoms with E-state index in [1.807, 2.05) is 0 Å². The smallest absolute Gasteiger partial charge is 0.243 e. The van der Waals surface area contributed by atoms with Crippen LogP contribution in [0.1, 0.15) is 37.7 Å². The number of aromatic hydroxyl groups is 1. The fourth-order valence-corrected chi connectivity index (χ4v) is 1.83. The van der Waals surface area contributed by atoms with Crippen molar-refractivity contribution in [3.63, 3.8) is 0 Å². The largest absolute Gasteiger partial charge is 0.504 e. The van der Waals surface area contributed by atoms with Gasteiger partial charge in [0.2, 0.25) is 11.8 Å². The molecule has 1 aromatic rings. The second-order valence-electron chi connectivity index (χ2n) is 4.82. The molecule has 1 rings (SSSR count). The van der Waals surface area contributed by atoms with Crippen molar-refractivity contribution >= 4 is 18.0 Å². The normalized spacial score (nSPS) is 10.5. The number of amides is 2. The average molecular weight is 323 g/mol. The Labute approximate surface area is 134 Å². The fourth-order valence-electron chi connectivity index (χ4n) is 1.83. The number of hydrazone groups is 1. The quantitative estimate of drug-likeness (QED) is 0.236. The van der Waals surface area contributed by atoms with Crippen molar-refractivity contribution in [3.05, 3.63) is 23.8 Å². The first-order valence-corrected chi connectivity index (χ1v) is 7.18. The molecule has 1 aromatic carbocycles. The van der Waals surface area contributed by atoms with E-state index in [9.17, 15) is 14.7 Å². The highest BCUT2D eigenvalue weighted by Gasteiger charge is 2.03. The zero-order valence-electron chi connectivity index (χ0n) is 12.9. The van der Waals surface area contributed by atoms with Crippen molar-refractivity contribution in [1.29, 1.82) is 0 Å². The van der Waals surface area contributed by atoms with Gasteiger partial charge in [-0.3, -0.25) is 14.8 Å². The third-order valence-corrected chi connectivity index (χ3v) is 3.04. The summed E-state index contributed by atoms with van der Waals surface area (Å²) in [4.78, 5) is 22.3. The van der Waals surface area contributed by atoms with Gasteiger partial charge in [-0.1, -0.05) is 6.42 Å². The number of hydrogen-bond acceptors (Lipinski definition) is 6. The van der Waals surface area contributed by atoms with E-state index in [1.165, 1.54) is 19.4 Å². The molecule has 0 bridgehead atoms. The maximum Gasteiger partial charge on any atom is 0.243 e. The molecule has 2 amide bonds. The Morgan fingerprint density at radius 3 is 2.52 bits per heavy atom. The van der Waals surface area contributed by atoms with E-state index >= 15 is 0 Å². The predicted molar refractivity (Wildman–Crippen MR) is 83.4 cm³/mol. The minimum absolute atomic E-state index is 0.00491. The fraction of sp³-hybridized carbons (Fsp3) is 0.400. The molecule has 0 aliphatic rings. The SMILES string of the molecule is COc1ccc(/C=N/NC(=O)CCCCCC(=O)NO)cc1O. The van der Waals surface area contributed by atoms with Gasteiger partial charge in [0, 0.05) is 12.8 Å². The molecule has 23 heavy (non-hydrogen) atoms. The summed E-state index contributed by atoms with van der Waals surface area (Å²) in [6.45, 7) is 0. The van der Waals surface area contributed by atoms with Crippen LogP contribution in [0.25, 0.3) is 0 Å². The molecule has 0 aromatic heterocycles. The summed E-state index contributed by atoms with van der Waals surface area (Å²) < 4.78 is 4.93. The number of hydroxylamine groups is 1. The molecule has 0 spiro atoms. The summed E-state index contributed by atoms with van der Waals surface area (Å²) in [5, 5.41) is 21.7. The summed E-state index contributed by atoms with van der Waals surface area (Å²) in [6.07, 6.45) is 3.89. The van der Waals surface area contributed by atoms with Crippen LogP contribution in [-0.2, 0) is 9.59 Å². The van der Waals surface area contributed by atoms with Crippen molar-refractivity contribution in [3.8, 4) is 11.5 Å². The van der Waals surface area contributed by atoms with Crippen molar-refractivity contribution in [2.24, 2.45) is 5.10 Å². The average Bonchev–Trinajstić information content (AvgIpc) is 2.54. The molecule has 8 heteroatoms. The van der Waals surface area contributed by atoms with Gasteiger partial charge in [0.1, 0.15) is 0 Å². The molecule has 0 aliphatic heterocycles. The van der Waals surface area contributed by atoms with E-state index in [1.54, 1.807) is 17.6 Å². The Morgan fingerprint density at radius 2 is 1.91 bits per heavy atom. The maximum absolute atomic E-state index is 11.5. The highest BCUT2D eigenvalue weighted by atomic mass is 16.5. The van der Waals surface area contributed by atoms with Crippen molar-refractivity contribution in [1.82, 2.24) is 10.9 Å². The van der Waals surface area contributed by atoms with Gasteiger partial charge in [-0.05, 0) is 36.6 Å². The van der Waals surface area contributed by atoms with Crippen LogP contribution in [0.2, 0.25) is 0 Å². The topological polar surface area (TPSA) is 120 Å². The van der Waals surface area contributed by atoms with Gasteiger partial charge >= 0.3 is 0 Å². The number of nitrogens with one attached hydrogen (secondary N) is 2. The van der Waals surface area contributed by atoms with Crippen LogP contribution in [0.3, 0.4) is 0 Å². The van der Waals surface area contributed by atoms with Crippen LogP contribution in [0, 0.1) is 0 Å². The lowest BCUT2D eigenvalue weighted by Gasteiger charge is -2.03. The third kappa shape index (κ3) is 7.28. The number of methoxy groups -OCH3 is 1. The lowest BCUT2D eigenvalue weighted by molar-refractivity contribution is -0.129. The number of carbonyl (C=O) groups is 2. The summed E-state index contributed by atoms with van der Waals surface area (Å²) in [5.41, 5.74) is 4.57. The first-order valence-electron chi connectivity index (χ1n) is 7.18. The first-order chi connectivity index (χ1) is 11.1. The van der Waals surface area contributed by atoms with Crippen LogP contribution in [0.4, 0.5) is 0 Å². The lowest BCUT2D eigenvalue weighted by atomic mass is 10.1. The van der Waals surface area contributed by atoms with E-state index in [4.69, 9.17) is 9.94 Å². The Morgan fingerprint density at radius 1 is 1.22 bits per heavy atom. The van der Waals surface area contributed by atoms with Gasteiger partial charge in [-0.25, -0.2) is 10.9 Å². The zero-order chi connectivity index (χ0) is 17.1. The highest BCUT2D eigenvalue weighted by molar-refractivity contribution is 5.83. The molecule has 8 nitrogen and oxygen atoms in total. The van der Waals surface area contributed by atoms with Gasteiger partial charge in [0.15, 0.2) is 11.5 Å². The van der Waals surface area contributed by atoms with Crippen molar-refractivity contribution in [2.45, 2.75) is 32.1 Å². The van der Waals surface area contributed by atoms with Crippen molar-refractivity contribution in [2.75, 3.05) is 7.11 Å². The van der Waals surface area contributed by atoms with Crippen LogP contribution in [-0.4, -0.2) is 35.5 Å². The predicted octanol–water partition coefficient (Wildman–Crippen LogP) is 1.31. The molecule has 0 saturated carbocycles. The molecule has 0 radical (unpaired) electrons. The number of phenolic OH excluding ortho intramolecular Hbond substituents is 1. The van der Waals surface area contributed by atoms with Gasteiger partial charge < -0.3 is 9.84 Å². The van der Waals surface area contributed by atoms with Crippen LogP contribution in [0.5, 0.6) is 11.5 Å². The number of rotatable bonds is 9. The summed E-state index contributed by atoms with van der Waals surface area (Å²) in [7, 11) is 1.46. The van der Waals surface area contributed by atoms with E-state index in [-0.39, 0.29) is 18.1 Å². The molecule has 0 fully saturated rings. The minimum Gasteiger partial charge on any atom is -0.504 e. The standard InChI is InChI=1S/C15H21N3O5/c1-23-13-8-7-11(9-12(13)19)10-16-17-14(20)5-3-2-4-6-15(21)18-22/h7-10,19,22H,2-6H2,1H3,(H,17,20)(H,18,21)/b16-10+. The molecule has 0 heterocycles. The first kappa shape index (κ1) is 18.4. The van der Waals surface area contributed by atoms with E-state index in [0.29, 0.717) is 37.0 Å². The van der Waals surface area contributed by atoms with Gasteiger partial charge in [0.25, 0.3) is 0 Å². The number of hydrogen-bond donors (Lipinski definition) is 4. The third-order valence-electron chi connectivity index (χ3n) is 3.04. The van der Waals surface area contributed by atoms with Crippen LogP contribution >= 0.6 is 0 Å². The Hall–Kier alpha value is -2.61. The molecule has 126 valence electrons. The molecular formula is C15H21N3O5. The lowest BCUT2D eigenvalue weighted by Crippen LogP contribution is -2.18. The molecule has 0 aliphatic carbocycles. The summed E-state index contributed by atoms with van der Waals surface area (Å²) >= 11 is 0. The number of benzene rings is 1. The van der Waals surface area contributed by atoms with Crippen LogP contribution < -0.4 is 15.6 Å². The molecule has 0 unspecified atom stereocenters. The number of unbranched alkanes of at least 4 members (excludes halogenated alkanes) is 2. The Bertz CT molecular complexity index is 560. The minimum atomic E-state index is -0.429. The molecule has 4 N–H and O–H groups in total. The maximum atomic E-state index is 11.5. The van der Waals surface area contributed by atoms with Gasteiger partial charge in [-0.15, -0.1) is 0 Å². The Kier molecular flexibility index (Phi) is 8.16. The number of nitrogens with zero attached hydrogens (tertiary/aromatic N) is 1. The van der Waals surface area contributed by atoms with E-state index in [0.717, 1.165) is 0 Å². The Balaban J connectivity index is 2.25. The zero-order valence-corrected chi connectivity index (χ0v) is 12.9. The number of carbonyl (C=O) groups excluding carboxylic acids is 2. The number of phenols is 1. The van der Waals surface area contributed by atoms with Crippen molar-refractivity contribution < 1.29 is 24.6 Å². The second kappa shape index (κ2) is 10.2. The van der Waals surface area contributed by atoms with Gasteiger partial charge in [0.05, 0.1) is 13.3 Å². The van der Waals surface area contributed by atoms with E-state index in [2.05, 4.69) is 10.5 Å². The summed E-state index contributed by atoms with van der Waals surface area (Å²) in [5.74, 6) is -0.303. The van der Waals surface area contributed by atoms with Crippen LogP contribution in [0.15, 0.2) is 23.3 Å². The molecule has 0 atom stereocenters. The monoisotopic (exact) mass is 323 g/mol. The summed E-state index contributed by atoms with van der Waals surface area (Å²) in [6, 6.07) is 4.77. The number of ether oxygens (including phenoxy) is 1. The highest BCUT2D eigenvalue weighted by Crippen LogP contribution is 2.25. The molecular weight excluding hydrogens is 302 g/mol. The molecule has 0 saturated heterocycles. The van der Waals surface area contributed by atoms with E-state index < -0.39 is 5.91 Å².